The summed E-state index contributed by atoms with van der Waals surface area (Å²) in [6.07, 6.45) is 0. The van der Waals surface area contributed by atoms with Crippen LogP contribution < -0.4 is 10.5 Å². The smallest absolute Gasteiger partial charge is 0.131 e. The minimum Gasteiger partial charge on any atom is -0.457 e. The van der Waals surface area contributed by atoms with Crippen molar-refractivity contribution in [2.24, 2.45) is 5.73 Å². The van der Waals surface area contributed by atoms with Gasteiger partial charge in [0.25, 0.3) is 0 Å². The molecule has 2 aromatic carbocycles. The first-order valence-electron chi connectivity index (χ1n) is 5.01. The minimum absolute atomic E-state index is 0.460. The van der Waals surface area contributed by atoms with Crippen LogP contribution in [-0.2, 0) is 6.54 Å². The molecule has 82 valence electrons. The monoisotopic (exact) mass is 277 g/mol. The fourth-order valence-electron chi connectivity index (χ4n) is 1.42. The van der Waals surface area contributed by atoms with Crippen molar-refractivity contribution < 1.29 is 4.74 Å². The predicted molar refractivity (Wildman–Crippen MR) is 68.5 cm³/mol. The maximum absolute atomic E-state index is 5.75. The maximum Gasteiger partial charge on any atom is 0.131 e. The topological polar surface area (TPSA) is 35.2 Å². The molecule has 0 aliphatic rings. The van der Waals surface area contributed by atoms with Gasteiger partial charge in [-0.1, -0.05) is 34.1 Å². The van der Waals surface area contributed by atoms with E-state index in [1.807, 2.05) is 48.5 Å². The van der Waals surface area contributed by atoms with Gasteiger partial charge in [-0.05, 0) is 30.3 Å². The van der Waals surface area contributed by atoms with Gasteiger partial charge in [0.2, 0.25) is 0 Å². The summed E-state index contributed by atoms with van der Waals surface area (Å²) in [5.41, 5.74) is 6.66. The fraction of sp³-hybridized carbons (Fsp3) is 0.0769. The number of para-hydroxylation sites is 1. The van der Waals surface area contributed by atoms with E-state index in [0.29, 0.717) is 6.54 Å². The molecule has 0 aliphatic heterocycles. The van der Waals surface area contributed by atoms with E-state index in [1.165, 1.54) is 0 Å². The molecule has 0 atom stereocenters. The van der Waals surface area contributed by atoms with Gasteiger partial charge < -0.3 is 10.5 Å². The first-order valence-corrected chi connectivity index (χ1v) is 5.80. The van der Waals surface area contributed by atoms with Crippen molar-refractivity contribution >= 4 is 15.9 Å². The molecule has 2 aromatic rings. The molecular formula is C13H12BrNO. The molecule has 2 N–H and O–H groups in total. The van der Waals surface area contributed by atoms with Gasteiger partial charge in [-0.2, -0.15) is 0 Å². The van der Waals surface area contributed by atoms with Crippen molar-refractivity contribution in [2.45, 2.75) is 6.54 Å². The summed E-state index contributed by atoms with van der Waals surface area (Å²) in [5.74, 6) is 1.62. The first kappa shape index (κ1) is 11.2. The third kappa shape index (κ3) is 2.62. The summed E-state index contributed by atoms with van der Waals surface area (Å²) in [6, 6.07) is 15.5. The minimum atomic E-state index is 0.460. The van der Waals surface area contributed by atoms with E-state index in [-0.39, 0.29) is 0 Å². The third-order valence-electron chi connectivity index (χ3n) is 2.21. The Kier molecular flexibility index (Phi) is 3.59. The molecule has 0 bridgehead atoms. The Labute approximate surface area is 103 Å². The lowest BCUT2D eigenvalue weighted by atomic mass is 10.2. The summed E-state index contributed by atoms with van der Waals surface area (Å²) in [6.45, 7) is 0.460. The summed E-state index contributed by atoms with van der Waals surface area (Å²) in [7, 11) is 0. The van der Waals surface area contributed by atoms with Crippen molar-refractivity contribution in [1.29, 1.82) is 0 Å². The molecule has 0 aliphatic carbocycles. The van der Waals surface area contributed by atoms with Crippen molar-refractivity contribution in [1.82, 2.24) is 0 Å². The zero-order chi connectivity index (χ0) is 11.4. The van der Waals surface area contributed by atoms with Gasteiger partial charge in [-0.15, -0.1) is 0 Å². The van der Waals surface area contributed by atoms with Crippen LogP contribution in [0.25, 0.3) is 0 Å². The lowest BCUT2D eigenvalue weighted by Crippen LogP contribution is -1.99. The third-order valence-corrected chi connectivity index (χ3v) is 2.71. The molecule has 0 spiro atoms. The Morgan fingerprint density at radius 2 is 1.81 bits per heavy atom. The largest absolute Gasteiger partial charge is 0.457 e. The molecular weight excluding hydrogens is 266 g/mol. The van der Waals surface area contributed by atoms with Crippen LogP contribution in [0.5, 0.6) is 11.5 Å². The van der Waals surface area contributed by atoms with Crippen LogP contribution in [0.3, 0.4) is 0 Å². The van der Waals surface area contributed by atoms with Crippen molar-refractivity contribution in [3.05, 3.63) is 58.6 Å². The van der Waals surface area contributed by atoms with Gasteiger partial charge >= 0.3 is 0 Å². The van der Waals surface area contributed by atoms with Gasteiger partial charge in [0.1, 0.15) is 11.5 Å². The Morgan fingerprint density at radius 1 is 1.06 bits per heavy atom. The van der Waals surface area contributed by atoms with Crippen molar-refractivity contribution in [2.75, 3.05) is 0 Å². The van der Waals surface area contributed by atoms with Gasteiger partial charge in [-0.3, -0.25) is 0 Å². The molecule has 0 aromatic heterocycles. The van der Waals surface area contributed by atoms with E-state index in [9.17, 15) is 0 Å². The molecule has 2 rings (SSSR count). The highest BCUT2D eigenvalue weighted by atomic mass is 79.9. The number of rotatable bonds is 3. The number of nitrogens with two attached hydrogens (primary N) is 1. The van der Waals surface area contributed by atoms with Crippen LogP contribution in [0.2, 0.25) is 0 Å². The van der Waals surface area contributed by atoms with Crippen LogP contribution in [0.1, 0.15) is 5.56 Å². The van der Waals surface area contributed by atoms with Crippen LogP contribution in [0.15, 0.2) is 53.0 Å². The van der Waals surface area contributed by atoms with E-state index in [2.05, 4.69) is 15.9 Å². The number of hydrogen-bond acceptors (Lipinski definition) is 2. The molecule has 16 heavy (non-hydrogen) atoms. The molecule has 0 radical (unpaired) electrons. The summed E-state index contributed by atoms with van der Waals surface area (Å²) < 4.78 is 6.76. The molecule has 2 nitrogen and oxygen atoms in total. The number of hydrogen-bond donors (Lipinski definition) is 1. The molecule has 0 saturated heterocycles. The second-order valence-corrected chi connectivity index (χ2v) is 4.29. The highest BCUT2D eigenvalue weighted by molar-refractivity contribution is 9.10. The summed E-state index contributed by atoms with van der Waals surface area (Å²) in [5, 5.41) is 0. The lowest BCUT2D eigenvalue weighted by Gasteiger charge is -2.10. The number of halogens is 1. The number of benzene rings is 2. The van der Waals surface area contributed by atoms with E-state index in [0.717, 1.165) is 21.5 Å². The molecule has 0 unspecified atom stereocenters. The van der Waals surface area contributed by atoms with Gasteiger partial charge in [0.05, 0.1) is 0 Å². The van der Waals surface area contributed by atoms with Gasteiger partial charge in [0, 0.05) is 16.6 Å². The van der Waals surface area contributed by atoms with Gasteiger partial charge in [0.15, 0.2) is 0 Å². The summed E-state index contributed by atoms with van der Waals surface area (Å²) in [4.78, 5) is 0. The first-order chi connectivity index (χ1) is 7.79. The van der Waals surface area contributed by atoms with Crippen molar-refractivity contribution in [3.8, 4) is 11.5 Å². The van der Waals surface area contributed by atoms with Crippen LogP contribution in [-0.4, -0.2) is 0 Å². The average molecular weight is 278 g/mol. The van der Waals surface area contributed by atoms with E-state index < -0.39 is 0 Å². The van der Waals surface area contributed by atoms with E-state index in [4.69, 9.17) is 10.5 Å². The van der Waals surface area contributed by atoms with Crippen LogP contribution >= 0.6 is 15.9 Å². The zero-order valence-electron chi connectivity index (χ0n) is 8.69. The maximum atomic E-state index is 5.75. The normalized spacial score (nSPS) is 10.1. The molecule has 0 amide bonds. The predicted octanol–water partition coefficient (Wildman–Crippen LogP) is 3.70. The summed E-state index contributed by atoms with van der Waals surface area (Å²) >= 11 is 3.41. The van der Waals surface area contributed by atoms with E-state index >= 15 is 0 Å². The highest BCUT2D eigenvalue weighted by Gasteiger charge is 2.03. The van der Waals surface area contributed by atoms with Crippen LogP contribution in [0, 0.1) is 0 Å². The Hall–Kier alpha value is -1.32. The fourth-order valence-corrected chi connectivity index (χ4v) is 1.83. The Bertz CT molecular complexity index is 471. The Morgan fingerprint density at radius 3 is 2.50 bits per heavy atom. The second kappa shape index (κ2) is 5.14. The van der Waals surface area contributed by atoms with Crippen LogP contribution in [0.4, 0.5) is 0 Å². The molecule has 3 heteroatoms. The standard InChI is InChI=1S/C13H12BrNO/c14-11-6-7-13(10(8-11)9-15)16-12-4-2-1-3-5-12/h1-8H,9,15H2. The van der Waals surface area contributed by atoms with E-state index in [1.54, 1.807) is 0 Å². The zero-order valence-corrected chi connectivity index (χ0v) is 10.3. The second-order valence-electron chi connectivity index (χ2n) is 3.37. The quantitative estimate of drug-likeness (QED) is 0.929. The lowest BCUT2D eigenvalue weighted by molar-refractivity contribution is 0.476. The highest BCUT2D eigenvalue weighted by Crippen LogP contribution is 2.27. The van der Waals surface area contributed by atoms with Gasteiger partial charge in [-0.25, -0.2) is 0 Å². The molecule has 0 saturated carbocycles. The van der Waals surface area contributed by atoms with Crippen molar-refractivity contribution in [3.63, 3.8) is 0 Å². The molecule has 0 heterocycles. The number of ether oxygens (including phenoxy) is 1. The SMILES string of the molecule is NCc1cc(Br)ccc1Oc1ccccc1. The Balaban J connectivity index is 2.28. The molecule has 0 fully saturated rings. The average Bonchev–Trinajstić information content (AvgIpc) is 2.33.